The number of benzene rings is 1. The number of rotatable bonds is 4. The van der Waals surface area contributed by atoms with Crippen molar-refractivity contribution in [2.45, 2.75) is 20.0 Å². The normalized spacial score (nSPS) is 10.9. The number of aliphatic imine (C=N–C) groups is 1. The molecule has 0 saturated heterocycles. The van der Waals surface area contributed by atoms with E-state index in [1.54, 1.807) is 30.5 Å². The smallest absolute Gasteiger partial charge is 0.191 e. The maximum atomic E-state index is 13.5. The first-order chi connectivity index (χ1) is 9.69. The van der Waals surface area contributed by atoms with E-state index < -0.39 is 0 Å². The minimum absolute atomic E-state index is 0. The molecular weight excluding hydrogens is 402 g/mol. The molecule has 21 heavy (non-hydrogen) atoms. The number of hydrogen-bond donors (Lipinski definition) is 2. The summed E-state index contributed by atoms with van der Waals surface area (Å²) in [6, 6.07) is 6.69. The molecule has 7 heteroatoms. The van der Waals surface area contributed by atoms with Crippen molar-refractivity contribution in [3.05, 3.63) is 51.7 Å². The third kappa shape index (κ3) is 5.58. The standard InChI is InChI=1S/C14H17FN4S.HI/c1-10-7-17-13(20-10)9-19-14(16-2)18-8-11-5-3-4-6-12(11)15;/h3-7H,8-9H2,1-2H3,(H2,16,18,19);1H. The minimum Gasteiger partial charge on any atom is -0.352 e. The Balaban J connectivity index is 0.00000220. The van der Waals surface area contributed by atoms with E-state index in [2.05, 4.69) is 20.6 Å². The monoisotopic (exact) mass is 420 g/mol. The highest BCUT2D eigenvalue weighted by molar-refractivity contribution is 14.0. The third-order valence-corrected chi connectivity index (χ3v) is 3.62. The summed E-state index contributed by atoms with van der Waals surface area (Å²) in [4.78, 5) is 9.55. The Bertz CT molecular complexity index is 600. The third-order valence-electron chi connectivity index (χ3n) is 2.70. The van der Waals surface area contributed by atoms with Gasteiger partial charge in [-0.1, -0.05) is 18.2 Å². The van der Waals surface area contributed by atoms with Crippen LogP contribution < -0.4 is 10.6 Å². The average Bonchev–Trinajstić information content (AvgIpc) is 2.86. The number of guanidine groups is 1. The van der Waals surface area contributed by atoms with Crippen LogP contribution in [0, 0.1) is 12.7 Å². The van der Waals surface area contributed by atoms with Crippen LogP contribution >= 0.6 is 35.3 Å². The molecule has 2 N–H and O–H groups in total. The van der Waals surface area contributed by atoms with Gasteiger partial charge in [0.2, 0.25) is 0 Å². The van der Waals surface area contributed by atoms with Crippen LogP contribution in [0.15, 0.2) is 35.5 Å². The van der Waals surface area contributed by atoms with E-state index >= 15 is 0 Å². The predicted octanol–water partition coefficient (Wildman–Crippen LogP) is 3.07. The predicted molar refractivity (Wildman–Crippen MR) is 95.7 cm³/mol. The lowest BCUT2D eigenvalue weighted by atomic mass is 10.2. The largest absolute Gasteiger partial charge is 0.352 e. The molecule has 0 aliphatic carbocycles. The highest BCUT2D eigenvalue weighted by Crippen LogP contribution is 2.10. The van der Waals surface area contributed by atoms with Crippen molar-refractivity contribution in [2.24, 2.45) is 4.99 Å². The van der Waals surface area contributed by atoms with Crippen molar-refractivity contribution < 1.29 is 4.39 Å². The summed E-state index contributed by atoms with van der Waals surface area (Å²) in [6.45, 7) is 3.02. The molecule has 0 amide bonds. The molecule has 0 spiro atoms. The summed E-state index contributed by atoms with van der Waals surface area (Å²) in [5.41, 5.74) is 0.612. The highest BCUT2D eigenvalue weighted by atomic mass is 127. The van der Waals surface area contributed by atoms with Crippen LogP contribution in [0.5, 0.6) is 0 Å². The number of nitrogens with zero attached hydrogens (tertiary/aromatic N) is 2. The Kier molecular flexibility index (Phi) is 7.58. The summed E-state index contributed by atoms with van der Waals surface area (Å²) in [7, 11) is 1.68. The maximum absolute atomic E-state index is 13.5. The molecule has 0 bridgehead atoms. The van der Waals surface area contributed by atoms with Crippen LogP contribution in [0.4, 0.5) is 4.39 Å². The van der Waals surface area contributed by atoms with Crippen LogP contribution in [0.1, 0.15) is 15.4 Å². The van der Waals surface area contributed by atoms with E-state index in [1.807, 2.05) is 19.2 Å². The molecule has 0 aliphatic heterocycles. The Labute approximate surface area is 144 Å². The van der Waals surface area contributed by atoms with E-state index in [0.717, 1.165) is 5.01 Å². The van der Waals surface area contributed by atoms with Crippen molar-refractivity contribution in [3.63, 3.8) is 0 Å². The Morgan fingerprint density at radius 2 is 2.00 bits per heavy atom. The fraction of sp³-hybridized carbons (Fsp3) is 0.286. The number of halogens is 2. The van der Waals surface area contributed by atoms with E-state index in [1.165, 1.54) is 10.9 Å². The van der Waals surface area contributed by atoms with Crippen LogP contribution in [0.25, 0.3) is 0 Å². The summed E-state index contributed by atoms with van der Waals surface area (Å²) >= 11 is 1.64. The summed E-state index contributed by atoms with van der Waals surface area (Å²) in [5.74, 6) is 0.409. The van der Waals surface area contributed by atoms with Gasteiger partial charge in [-0.2, -0.15) is 0 Å². The maximum Gasteiger partial charge on any atom is 0.191 e. The molecule has 2 aromatic rings. The molecule has 114 valence electrons. The lowest BCUT2D eigenvalue weighted by Crippen LogP contribution is -2.36. The van der Waals surface area contributed by atoms with Gasteiger partial charge >= 0.3 is 0 Å². The van der Waals surface area contributed by atoms with Crippen LogP contribution in [0.3, 0.4) is 0 Å². The molecule has 1 aromatic heterocycles. The van der Waals surface area contributed by atoms with Crippen LogP contribution in [-0.2, 0) is 13.1 Å². The molecule has 0 aliphatic rings. The minimum atomic E-state index is -0.217. The van der Waals surface area contributed by atoms with Gasteiger partial charge in [0.1, 0.15) is 10.8 Å². The SMILES string of the molecule is CN=C(NCc1ncc(C)s1)NCc1ccccc1F.I. The van der Waals surface area contributed by atoms with Gasteiger partial charge in [0.15, 0.2) is 5.96 Å². The van der Waals surface area contributed by atoms with Gasteiger partial charge in [-0.05, 0) is 13.0 Å². The molecule has 4 nitrogen and oxygen atoms in total. The molecule has 0 radical (unpaired) electrons. The lowest BCUT2D eigenvalue weighted by Gasteiger charge is -2.11. The van der Waals surface area contributed by atoms with E-state index in [4.69, 9.17) is 0 Å². The second-order valence-corrected chi connectivity index (χ2v) is 5.55. The van der Waals surface area contributed by atoms with Gasteiger partial charge in [0, 0.05) is 30.2 Å². The molecule has 0 unspecified atom stereocenters. The second kappa shape index (κ2) is 8.93. The number of thiazole rings is 1. The quantitative estimate of drug-likeness (QED) is 0.454. The topological polar surface area (TPSA) is 49.3 Å². The lowest BCUT2D eigenvalue weighted by molar-refractivity contribution is 0.604. The molecule has 0 atom stereocenters. The van der Waals surface area contributed by atoms with Crippen molar-refractivity contribution in [1.82, 2.24) is 15.6 Å². The Morgan fingerprint density at radius 3 is 2.62 bits per heavy atom. The van der Waals surface area contributed by atoms with Gasteiger partial charge in [-0.25, -0.2) is 9.37 Å². The zero-order valence-electron chi connectivity index (χ0n) is 11.9. The summed E-state index contributed by atoms with van der Waals surface area (Å²) < 4.78 is 13.5. The highest BCUT2D eigenvalue weighted by Gasteiger charge is 2.04. The molecule has 1 heterocycles. The Morgan fingerprint density at radius 1 is 1.29 bits per heavy atom. The fourth-order valence-corrected chi connectivity index (χ4v) is 2.41. The summed E-state index contributed by atoms with van der Waals surface area (Å²) in [5, 5.41) is 7.23. The van der Waals surface area contributed by atoms with Gasteiger partial charge in [0.05, 0.1) is 6.54 Å². The van der Waals surface area contributed by atoms with Gasteiger partial charge in [0.25, 0.3) is 0 Å². The number of aryl methyl sites for hydroxylation is 1. The van der Waals surface area contributed by atoms with Crippen molar-refractivity contribution >= 4 is 41.3 Å². The summed E-state index contributed by atoms with van der Waals surface area (Å²) in [6.07, 6.45) is 1.84. The van der Waals surface area contributed by atoms with Crippen LogP contribution in [0.2, 0.25) is 0 Å². The average molecular weight is 420 g/mol. The Hall–Kier alpha value is -1.22. The zero-order chi connectivity index (χ0) is 14.4. The van der Waals surface area contributed by atoms with Crippen molar-refractivity contribution in [1.29, 1.82) is 0 Å². The van der Waals surface area contributed by atoms with Crippen molar-refractivity contribution in [2.75, 3.05) is 7.05 Å². The number of nitrogens with one attached hydrogen (secondary N) is 2. The van der Waals surface area contributed by atoms with E-state index in [-0.39, 0.29) is 29.8 Å². The molecule has 1 aromatic carbocycles. The van der Waals surface area contributed by atoms with Gasteiger partial charge in [-0.3, -0.25) is 4.99 Å². The van der Waals surface area contributed by atoms with E-state index in [9.17, 15) is 4.39 Å². The van der Waals surface area contributed by atoms with Crippen molar-refractivity contribution in [3.8, 4) is 0 Å². The van der Waals surface area contributed by atoms with Gasteiger partial charge < -0.3 is 10.6 Å². The first kappa shape index (κ1) is 17.8. The van der Waals surface area contributed by atoms with Crippen LogP contribution in [-0.4, -0.2) is 18.0 Å². The fourth-order valence-electron chi connectivity index (χ4n) is 1.68. The number of aromatic nitrogens is 1. The molecule has 2 rings (SSSR count). The number of hydrogen-bond acceptors (Lipinski definition) is 3. The zero-order valence-corrected chi connectivity index (χ0v) is 15.0. The molecule has 0 saturated carbocycles. The first-order valence-electron chi connectivity index (χ1n) is 6.28. The van der Waals surface area contributed by atoms with Gasteiger partial charge in [-0.15, -0.1) is 35.3 Å². The first-order valence-corrected chi connectivity index (χ1v) is 7.10. The second-order valence-electron chi connectivity index (χ2n) is 4.24. The van der Waals surface area contributed by atoms with E-state index in [0.29, 0.717) is 24.6 Å². The molecule has 0 fully saturated rings. The molecular formula is C14H18FIN4S.